The lowest BCUT2D eigenvalue weighted by Crippen LogP contribution is -2.01. The van der Waals surface area contributed by atoms with Crippen molar-refractivity contribution >= 4 is 27.8 Å². The fourth-order valence-electron chi connectivity index (χ4n) is 2.04. The average Bonchev–Trinajstić information content (AvgIpc) is 2.61. The van der Waals surface area contributed by atoms with Crippen molar-refractivity contribution < 1.29 is 19.4 Å². The molecule has 0 saturated heterocycles. The van der Waals surface area contributed by atoms with E-state index in [1.54, 1.807) is 37.5 Å². The molecule has 0 aliphatic heterocycles. The van der Waals surface area contributed by atoms with E-state index in [2.05, 4.69) is 15.9 Å². The lowest BCUT2D eigenvalue weighted by Gasteiger charge is -2.10. The van der Waals surface area contributed by atoms with Crippen LogP contribution in [0.3, 0.4) is 0 Å². The Bertz CT molecular complexity index is 708. The molecule has 0 saturated carbocycles. The van der Waals surface area contributed by atoms with Crippen LogP contribution in [-0.2, 0) is 0 Å². The summed E-state index contributed by atoms with van der Waals surface area (Å²) in [4.78, 5) is 12.1. The maximum absolute atomic E-state index is 12.1. The van der Waals surface area contributed by atoms with Gasteiger partial charge in [-0.2, -0.15) is 0 Å². The van der Waals surface area contributed by atoms with E-state index in [0.717, 1.165) is 10.0 Å². The van der Waals surface area contributed by atoms with Gasteiger partial charge in [-0.1, -0.05) is 28.1 Å². The van der Waals surface area contributed by atoms with E-state index >= 15 is 0 Å². The topological polar surface area (TPSA) is 55.8 Å². The Labute approximate surface area is 149 Å². The largest absolute Gasteiger partial charge is 0.493 e. The van der Waals surface area contributed by atoms with Crippen LogP contribution >= 0.6 is 15.9 Å². The van der Waals surface area contributed by atoms with Gasteiger partial charge in [-0.3, -0.25) is 4.79 Å². The van der Waals surface area contributed by atoms with Crippen molar-refractivity contribution in [1.29, 1.82) is 0 Å². The van der Waals surface area contributed by atoms with Crippen LogP contribution in [0.15, 0.2) is 53.0 Å². The van der Waals surface area contributed by atoms with Crippen LogP contribution in [0.5, 0.6) is 11.5 Å². The highest BCUT2D eigenvalue weighted by molar-refractivity contribution is 9.10. The first-order valence-corrected chi connectivity index (χ1v) is 8.33. The van der Waals surface area contributed by atoms with Crippen molar-refractivity contribution in [2.45, 2.75) is 6.42 Å². The molecule has 0 aromatic heterocycles. The van der Waals surface area contributed by atoms with E-state index in [9.17, 15) is 4.79 Å². The number of benzene rings is 2. The summed E-state index contributed by atoms with van der Waals surface area (Å²) in [6.07, 6.45) is 3.83. The van der Waals surface area contributed by atoms with Gasteiger partial charge in [0.2, 0.25) is 0 Å². The Morgan fingerprint density at radius 1 is 1.17 bits per heavy atom. The summed E-state index contributed by atoms with van der Waals surface area (Å²) in [6.45, 7) is 0.505. The highest BCUT2D eigenvalue weighted by atomic mass is 79.9. The van der Waals surface area contributed by atoms with Gasteiger partial charge in [0, 0.05) is 23.1 Å². The molecule has 0 spiro atoms. The number of aliphatic hydroxyl groups is 1. The molecule has 0 aliphatic rings. The second-order valence-corrected chi connectivity index (χ2v) is 5.96. The Morgan fingerprint density at radius 2 is 1.92 bits per heavy atom. The molecule has 0 aliphatic carbocycles. The highest BCUT2D eigenvalue weighted by Crippen LogP contribution is 2.28. The number of hydrogen-bond donors (Lipinski definition) is 1. The van der Waals surface area contributed by atoms with Crippen LogP contribution in [0.1, 0.15) is 22.3 Å². The number of methoxy groups -OCH3 is 1. The van der Waals surface area contributed by atoms with Gasteiger partial charge in [0.25, 0.3) is 0 Å². The third kappa shape index (κ3) is 5.22. The van der Waals surface area contributed by atoms with E-state index in [1.807, 2.05) is 18.2 Å². The van der Waals surface area contributed by atoms with E-state index in [0.29, 0.717) is 30.1 Å². The first-order chi connectivity index (χ1) is 11.6. The molecular weight excluding hydrogens is 372 g/mol. The summed E-state index contributed by atoms with van der Waals surface area (Å²) in [5, 5.41) is 8.79. The van der Waals surface area contributed by atoms with Crippen LogP contribution in [0.25, 0.3) is 6.08 Å². The second kappa shape index (κ2) is 9.25. The van der Waals surface area contributed by atoms with Crippen LogP contribution in [0.2, 0.25) is 0 Å². The van der Waals surface area contributed by atoms with Crippen molar-refractivity contribution in [1.82, 2.24) is 0 Å². The fraction of sp³-hybridized carbons (Fsp3) is 0.211. The average molecular weight is 391 g/mol. The minimum atomic E-state index is -0.0651. The highest BCUT2D eigenvalue weighted by Gasteiger charge is 2.06. The minimum Gasteiger partial charge on any atom is -0.493 e. The quantitative estimate of drug-likeness (QED) is 0.418. The Morgan fingerprint density at radius 3 is 2.58 bits per heavy atom. The van der Waals surface area contributed by atoms with Crippen molar-refractivity contribution in [2.75, 3.05) is 20.3 Å². The Balaban J connectivity index is 2.08. The van der Waals surface area contributed by atoms with Crippen LogP contribution in [-0.4, -0.2) is 31.2 Å². The predicted octanol–water partition coefficient (Wildman–Crippen LogP) is 4.12. The third-order valence-corrected chi connectivity index (χ3v) is 3.83. The number of carbonyl (C=O) groups is 1. The van der Waals surface area contributed by atoms with Gasteiger partial charge in [0.05, 0.1) is 13.7 Å². The van der Waals surface area contributed by atoms with Crippen molar-refractivity contribution in [3.05, 3.63) is 64.1 Å². The predicted molar refractivity (Wildman–Crippen MR) is 97.7 cm³/mol. The molecule has 2 aromatic carbocycles. The van der Waals surface area contributed by atoms with Gasteiger partial charge >= 0.3 is 0 Å². The second-order valence-electron chi connectivity index (χ2n) is 5.04. The smallest absolute Gasteiger partial charge is 0.185 e. The van der Waals surface area contributed by atoms with Crippen LogP contribution in [0, 0.1) is 0 Å². The first-order valence-electron chi connectivity index (χ1n) is 7.53. The van der Waals surface area contributed by atoms with Crippen molar-refractivity contribution in [2.24, 2.45) is 0 Å². The summed E-state index contributed by atoms with van der Waals surface area (Å²) >= 11 is 3.35. The van der Waals surface area contributed by atoms with E-state index < -0.39 is 0 Å². The number of allylic oxidation sites excluding steroid dienone is 1. The SMILES string of the molecule is COc1cc(/C=C/C(=O)c2ccc(Br)cc2)ccc1OCCCO. The van der Waals surface area contributed by atoms with Crippen molar-refractivity contribution in [3.8, 4) is 11.5 Å². The molecule has 5 heteroatoms. The molecule has 0 fully saturated rings. The molecular formula is C19H19BrO4. The molecule has 0 unspecified atom stereocenters. The molecule has 0 radical (unpaired) electrons. The summed E-state index contributed by atoms with van der Waals surface area (Å²) in [5.41, 5.74) is 1.47. The minimum absolute atomic E-state index is 0.0651. The number of carbonyl (C=O) groups excluding carboxylic acids is 1. The van der Waals surface area contributed by atoms with Gasteiger partial charge in [-0.25, -0.2) is 0 Å². The van der Waals surface area contributed by atoms with Crippen LogP contribution in [0.4, 0.5) is 0 Å². The summed E-state index contributed by atoms with van der Waals surface area (Å²) < 4.78 is 11.8. The number of aliphatic hydroxyl groups excluding tert-OH is 1. The monoisotopic (exact) mass is 390 g/mol. The number of rotatable bonds is 8. The number of hydrogen-bond acceptors (Lipinski definition) is 4. The summed E-state index contributed by atoms with van der Waals surface area (Å²) in [7, 11) is 1.56. The molecule has 0 atom stereocenters. The Kier molecular flexibility index (Phi) is 7.03. The fourth-order valence-corrected chi connectivity index (χ4v) is 2.30. The molecule has 2 aromatic rings. The molecule has 2 rings (SSSR count). The van der Waals surface area contributed by atoms with Gasteiger partial charge < -0.3 is 14.6 Å². The zero-order valence-corrected chi connectivity index (χ0v) is 15.0. The van der Waals surface area contributed by atoms with Crippen molar-refractivity contribution in [3.63, 3.8) is 0 Å². The molecule has 126 valence electrons. The zero-order valence-electron chi connectivity index (χ0n) is 13.4. The van der Waals surface area contributed by atoms with E-state index in [1.165, 1.54) is 6.08 Å². The molecule has 0 bridgehead atoms. The molecule has 1 N–H and O–H groups in total. The standard InChI is InChI=1S/C19H19BrO4/c1-23-19-13-14(4-10-18(19)24-12-2-11-21)3-9-17(22)15-5-7-16(20)8-6-15/h3-10,13,21H,2,11-12H2,1H3/b9-3+. The van der Waals surface area contributed by atoms with Gasteiger partial charge in [0.1, 0.15) is 0 Å². The van der Waals surface area contributed by atoms with Gasteiger partial charge in [0.15, 0.2) is 17.3 Å². The Hall–Kier alpha value is -2.11. The number of halogens is 1. The number of ketones is 1. The molecule has 24 heavy (non-hydrogen) atoms. The lowest BCUT2D eigenvalue weighted by molar-refractivity contribution is 0.104. The molecule has 0 heterocycles. The van der Waals surface area contributed by atoms with Gasteiger partial charge in [-0.05, 0) is 48.0 Å². The van der Waals surface area contributed by atoms with Crippen LogP contribution < -0.4 is 9.47 Å². The normalized spacial score (nSPS) is 10.8. The zero-order chi connectivity index (χ0) is 17.4. The molecule has 0 amide bonds. The van der Waals surface area contributed by atoms with Gasteiger partial charge in [-0.15, -0.1) is 0 Å². The third-order valence-electron chi connectivity index (χ3n) is 3.30. The van der Waals surface area contributed by atoms with E-state index in [4.69, 9.17) is 14.6 Å². The first kappa shape index (κ1) is 18.2. The lowest BCUT2D eigenvalue weighted by atomic mass is 10.1. The maximum atomic E-state index is 12.1. The maximum Gasteiger partial charge on any atom is 0.185 e. The van der Waals surface area contributed by atoms with E-state index in [-0.39, 0.29) is 12.4 Å². The summed E-state index contributed by atoms with van der Waals surface area (Å²) in [6, 6.07) is 12.7. The number of ether oxygens (including phenoxy) is 2. The molecule has 4 nitrogen and oxygen atoms in total. The summed E-state index contributed by atoms with van der Waals surface area (Å²) in [5.74, 6) is 1.14.